The summed E-state index contributed by atoms with van der Waals surface area (Å²) < 4.78 is 11.4. The first-order chi connectivity index (χ1) is 21.6. The van der Waals surface area contributed by atoms with Crippen molar-refractivity contribution in [3.63, 3.8) is 0 Å². The zero-order chi connectivity index (χ0) is 35.2. The number of aliphatic hydroxyl groups is 7. The van der Waals surface area contributed by atoms with Crippen molar-refractivity contribution < 1.29 is 59.9 Å². The van der Waals surface area contributed by atoms with Gasteiger partial charge in [0.05, 0.1) is 23.7 Å². The molecule has 0 bridgehead atoms. The van der Waals surface area contributed by atoms with Crippen molar-refractivity contribution in [3.05, 3.63) is 28.8 Å². The topological polar surface area (TPSA) is 214 Å². The van der Waals surface area contributed by atoms with Gasteiger partial charge >= 0.3 is 0 Å². The molecular formula is C35H50O12. The third kappa shape index (κ3) is 5.27. The molecular weight excluding hydrogens is 612 g/mol. The van der Waals surface area contributed by atoms with Gasteiger partial charge in [-0.15, -0.1) is 0 Å². The molecule has 1 aromatic carbocycles. The zero-order valence-corrected chi connectivity index (χ0v) is 28.1. The standard InChI is InChI=1S/C35H50O12/c1-16-17-8-9-22-32(4)13-19(37)29(35(7,45)23(38)10-11-31(2,3)44)33(32,5)14-24(39)34(22,6)18(17)12-20(25(16)40)46-30-28(43)27(42)26(41)21(15-36)47-30/h8-9,12,19,21-22,26-30,36-37,40-45H,10-11,13-15H2,1-7H3/t19-,21?,22+,26?,27?,28?,29+,30?,32+,33-,34+,35+/m1/s1. The number of phenols is 1. The predicted octanol–water partition coefficient (Wildman–Crippen LogP) is 1.02. The van der Waals surface area contributed by atoms with Gasteiger partial charge in [0.2, 0.25) is 6.29 Å². The lowest BCUT2D eigenvalue weighted by Gasteiger charge is -2.60. The molecule has 12 nitrogen and oxygen atoms in total. The fourth-order valence-electron chi connectivity index (χ4n) is 9.26. The number of allylic oxidation sites excluding steroid dienone is 1. The Labute approximate surface area is 274 Å². The maximum absolute atomic E-state index is 14.5. The van der Waals surface area contributed by atoms with E-state index in [0.29, 0.717) is 16.7 Å². The summed E-state index contributed by atoms with van der Waals surface area (Å²) >= 11 is 0. The average molecular weight is 663 g/mol. The fraction of sp³-hybridized carbons (Fsp3) is 0.714. The SMILES string of the molecule is Cc1c(O)c(OC2OC(CO)C(O)C(O)C2O)cc2c1C=C[C@@H]1[C@@]2(C)C(=O)C[C@]2(C)[C@@H]([C@@](C)(O)C(=O)CCC(C)(C)O)[C@H](O)C[C@@]12C. The zero-order valence-electron chi connectivity index (χ0n) is 28.1. The van der Waals surface area contributed by atoms with Gasteiger partial charge in [-0.2, -0.15) is 0 Å². The van der Waals surface area contributed by atoms with E-state index in [1.807, 2.05) is 26.0 Å². The lowest BCUT2D eigenvalue weighted by atomic mass is 9.42. The smallest absolute Gasteiger partial charge is 0.229 e. The summed E-state index contributed by atoms with van der Waals surface area (Å²) in [5.41, 5.74) is -4.60. The Morgan fingerprint density at radius 3 is 2.28 bits per heavy atom. The van der Waals surface area contributed by atoms with E-state index in [-0.39, 0.29) is 43.0 Å². The van der Waals surface area contributed by atoms with Crippen LogP contribution in [0.5, 0.6) is 11.5 Å². The molecule has 1 heterocycles. The van der Waals surface area contributed by atoms with E-state index in [2.05, 4.69) is 0 Å². The van der Waals surface area contributed by atoms with E-state index in [4.69, 9.17) is 9.47 Å². The maximum atomic E-state index is 14.5. The molecule has 0 amide bonds. The number of hydrogen-bond donors (Lipinski definition) is 8. The van der Waals surface area contributed by atoms with Gasteiger partial charge in [0, 0.05) is 24.3 Å². The summed E-state index contributed by atoms with van der Waals surface area (Å²) in [5, 5.41) is 85.4. The van der Waals surface area contributed by atoms with Crippen molar-refractivity contribution in [1.82, 2.24) is 0 Å². The molecule has 1 aromatic rings. The van der Waals surface area contributed by atoms with Crippen molar-refractivity contribution >= 4 is 17.6 Å². The molecule has 262 valence electrons. The third-order valence-corrected chi connectivity index (χ3v) is 12.2. The monoisotopic (exact) mass is 662 g/mol. The van der Waals surface area contributed by atoms with Crippen molar-refractivity contribution in [2.75, 3.05) is 6.61 Å². The lowest BCUT2D eigenvalue weighted by molar-refractivity contribution is -0.277. The van der Waals surface area contributed by atoms with Gasteiger partial charge in [-0.25, -0.2) is 0 Å². The molecule has 3 fully saturated rings. The van der Waals surface area contributed by atoms with Gasteiger partial charge in [0.15, 0.2) is 17.3 Å². The molecule has 0 aromatic heterocycles. The van der Waals surface area contributed by atoms with Crippen LogP contribution in [0.1, 0.15) is 83.9 Å². The summed E-state index contributed by atoms with van der Waals surface area (Å²) in [6, 6.07) is 1.50. The second kappa shape index (κ2) is 11.6. The maximum Gasteiger partial charge on any atom is 0.229 e. The Morgan fingerprint density at radius 2 is 1.68 bits per heavy atom. The number of hydrogen-bond acceptors (Lipinski definition) is 12. The molecule has 2 saturated carbocycles. The summed E-state index contributed by atoms with van der Waals surface area (Å²) in [6.07, 6.45) is -5.07. The Morgan fingerprint density at radius 1 is 1.04 bits per heavy atom. The van der Waals surface area contributed by atoms with E-state index in [1.165, 1.54) is 13.0 Å². The number of rotatable bonds is 8. The van der Waals surface area contributed by atoms with Crippen LogP contribution in [0, 0.1) is 29.6 Å². The highest BCUT2D eigenvalue weighted by Gasteiger charge is 2.73. The molecule has 5 unspecified atom stereocenters. The van der Waals surface area contributed by atoms with E-state index in [0.717, 1.165) is 0 Å². The van der Waals surface area contributed by atoms with Gasteiger partial charge < -0.3 is 50.3 Å². The highest BCUT2D eigenvalue weighted by atomic mass is 16.7. The molecule has 0 radical (unpaired) electrons. The second-order valence-corrected chi connectivity index (χ2v) is 15.7. The quantitative estimate of drug-likeness (QED) is 0.196. The minimum absolute atomic E-state index is 0.0662. The summed E-state index contributed by atoms with van der Waals surface area (Å²) in [4.78, 5) is 28.0. The minimum atomic E-state index is -1.98. The van der Waals surface area contributed by atoms with Crippen molar-refractivity contribution in [2.45, 2.75) is 128 Å². The average Bonchev–Trinajstić information content (AvgIpc) is 3.19. The number of benzene rings is 1. The Balaban J connectivity index is 1.54. The van der Waals surface area contributed by atoms with Crippen LogP contribution in [-0.2, 0) is 19.7 Å². The number of aromatic hydroxyl groups is 1. The molecule has 0 spiro atoms. The number of ketones is 2. The van der Waals surface area contributed by atoms with Crippen LogP contribution < -0.4 is 4.74 Å². The minimum Gasteiger partial charge on any atom is -0.504 e. The molecule has 1 saturated heterocycles. The molecule has 1 aliphatic heterocycles. The number of carbonyl (C=O) groups excluding carboxylic acids is 2. The number of Topliss-reactive ketones (excluding diaryl/α,β-unsaturated/α-hetero) is 2. The van der Waals surface area contributed by atoms with E-state index < -0.39 is 88.5 Å². The third-order valence-electron chi connectivity index (χ3n) is 12.2. The van der Waals surface area contributed by atoms with Crippen LogP contribution in [0.3, 0.4) is 0 Å². The van der Waals surface area contributed by atoms with Gasteiger partial charge in [0.1, 0.15) is 35.8 Å². The molecule has 47 heavy (non-hydrogen) atoms. The Bertz CT molecular complexity index is 1460. The number of phenolic OH excluding ortho intramolecular Hbond substituents is 1. The molecule has 8 N–H and O–H groups in total. The Kier molecular flexibility index (Phi) is 8.84. The molecule has 12 atom stereocenters. The number of fused-ring (bicyclic) bond motifs is 5. The first-order valence-corrected chi connectivity index (χ1v) is 16.3. The normalized spacial score (nSPS) is 41.1. The van der Waals surface area contributed by atoms with Crippen LogP contribution in [0.15, 0.2) is 12.1 Å². The van der Waals surface area contributed by atoms with Crippen LogP contribution in [0.4, 0.5) is 0 Å². The van der Waals surface area contributed by atoms with Gasteiger partial charge in [-0.3, -0.25) is 9.59 Å². The van der Waals surface area contributed by atoms with Crippen LogP contribution >= 0.6 is 0 Å². The van der Waals surface area contributed by atoms with Gasteiger partial charge in [0.25, 0.3) is 0 Å². The largest absolute Gasteiger partial charge is 0.504 e. The lowest BCUT2D eigenvalue weighted by Crippen LogP contribution is -2.63. The highest BCUT2D eigenvalue weighted by molar-refractivity contribution is 5.96. The van der Waals surface area contributed by atoms with Crippen molar-refractivity contribution in [2.24, 2.45) is 22.7 Å². The van der Waals surface area contributed by atoms with Crippen molar-refractivity contribution in [3.8, 4) is 11.5 Å². The number of carbonyl (C=O) groups is 2. The summed E-state index contributed by atoms with van der Waals surface area (Å²) in [6.45, 7) is 11.1. The molecule has 5 rings (SSSR count). The highest BCUT2D eigenvalue weighted by Crippen LogP contribution is 2.71. The van der Waals surface area contributed by atoms with Gasteiger partial charge in [-0.05, 0) is 81.4 Å². The summed E-state index contributed by atoms with van der Waals surface area (Å²) in [5.74, 6) is -2.62. The second-order valence-electron chi connectivity index (χ2n) is 15.7. The predicted molar refractivity (Wildman–Crippen MR) is 168 cm³/mol. The van der Waals surface area contributed by atoms with E-state index >= 15 is 0 Å². The van der Waals surface area contributed by atoms with Crippen LogP contribution in [0.2, 0.25) is 0 Å². The Hall–Kier alpha value is -2.42. The van der Waals surface area contributed by atoms with E-state index in [9.17, 15) is 50.4 Å². The van der Waals surface area contributed by atoms with Crippen LogP contribution in [0.25, 0.3) is 6.08 Å². The van der Waals surface area contributed by atoms with E-state index in [1.54, 1.807) is 27.7 Å². The number of ether oxygens (including phenoxy) is 2. The van der Waals surface area contributed by atoms with Crippen LogP contribution in [-0.4, -0.2) is 107 Å². The molecule has 4 aliphatic rings. The van der Waals surface area contributed by atoms with Crippen molar-refractivity contribution in [1.29, 1.82) is 0 Å². The number of aliphatic hydroxyl groups excluding tert-OH is 5. The first kappa shape index (κ1) is 35.9. The summed E-state index contributed by atoms with van der Waals surface area (Å²) in [7, 11) is 0. The molecule has 12 heteroatoms. The first-order valence-electron chi connectivity index (χ1n) is 16.3. The molecule has 3 aliphatic carbocycles. The fourth-order valence-corrected chi connectivity index (χ4v) is 9.26. The van der Waals surface area contributed by atoms with Gasteiger partial charge in [-0.1, -0.05) is 26.0 Å².